The maximum atomic E-state index is 4.82. The van der Waals surface area contributed by atoms with Gasteiger partial charge >= 0.3 is 0 Å². The summed E-state index contributed by atoms with van der Waals surface area (Å²) in [5.41, 5.74) is 2.30. The summed E-state index contributed by atoms with van der Waals surface area (Å²) in [6, 6.07) is 13.1. The first-order chi connectivity index (χ1) is 13.8. The highest BCUT2D eigenvalue weighted by molar-refractivity contribution is 5.49. The quantitative estimate of drug-likeness (QED) is 0.825. The van der Waals surface area contributed by atoms with Gasteiger partial charge in [-0.15, -0.1) is 0 Å². The second-order valence-corrected chi connectivity index (χ2v) is 7.92. The molecule has 1 saturated carbocycles. The Kier molecular flexibility index (Phi) is 6.22. The van der Waals surface area contributed by atoms with Crippen LogP contribution in [0.1, 0.15) is 36.9 Å². The predicted molar refractivity (Wildman–Crippen MR) is 117 cm³/mol. The van der Waals surface area contributed by atoms with E-state index in [0.29, 0.717) is 6.04 Å². The first-order valence-corrected chi connectivity index (χ1v) is 10.6. The average molecular weight is 378 g/mol. The molecule has 0 bridgehead atoms. The molecule has 0 spiro atoms. The molecule has 2 aliphatic rings. The van der Waals surface area contributed by atoms with Gasteiger partial charge in [0.25, 0.3) is 0 Å². The smallest absolute Gasteiger partial charge is 0.227 e. The molecule has 0 unspecified atom stereocenters. The highest BCUT2D eigenvalue weighted by Gasteiger charge is 2.20. The van der Waals surface area contributed by atoms with Gasteiger partial charge in [0.15, 0.2) is 0 Å². The van der Waals surface area contributed by atoms with Crippen molar-refractivity contribution in [3.05, 3.63) is 53.7 Å². The maximum absolute atomic E-state index is 4.82. The van der Waals surface area contributed by atoms with Crippen LogP contribution in [0, 0.1) is 6.92 Å². The van der Waals surface area contributed by atoms with E-state index >= 15 is 0 Å². The summed E-state index contributed by atoms with van der Waals surface area (Å²) in [6.07, 6.45) is 9.64. The minimum atomic E-state index is 0.579. The molecular weight excluding hydrogens is 346 g/mol. The van der Waals surface area contributed by atoms with Crippen LogP contribution in [-0.4, -0.2) is 53.6 Å². The van der Waals surface area contributed by atoms with E-state index in [2.05, 4.69) is 70.6 Å². The van der Waals surface area contributed by atoms with Gasteiger partial charge in [-0.1, -0.05) is 55.3 Å². The first-order valence-electron chi connectivity index (χ1n) is 10.6. The predicted octanol–water partition coefficient (Wildman–Crippen LogP) is 3.97. The van der Waals surface area contributed by atoms with E-state index in [1.165, 1.54) is 31.2 Å². The lowest BCUT2D eigenvalue weighted by molar-refractivity contribution is 0.283. The number of nitrogens with one attached hydrogen (secondary N) is 1. The van der Waals surface area contributed by atoms with Gasteiger partial charge in [-0.25, -0.2) is 4.98 Å². The second kappa shape index (κ2) is 9.20. The first kappa shape index (κ1) is 18.9. The van der Waals surface area contributed by atoms with Gasteiger partial charge in [-0.05, 0) is 25.3 Å². The molecule has 2 fully saturated rings. The van der Waals surface area contributed by atoms with Crippen molar-refractivity contribution in [3.63, 3.8) is 0 Å². The van der Waals surface area contributed by atoms with Crippen molar-refractivity contribution < 1.29 is 0 Å². The van der Waals surface area contributed by atoms with Crippen LogP contribution in [0.25, 0.3) is 6.08 Å². The SMILES string of the molecule is Cc1cc(NC2CCCC2)nc(N2CCN(C/C=C/c3ccccc3)CC2)n1. The number of nitrogens with zero attached hydrogens (tertiary/aromatic N) is 4. The molecule has 1 N–H and O–H groups in total. The molecule has 5 heteroatoms. The van der Waals surface area contributed by atoms with E-state index in [0.717, 1.165) is 50.2 Å². The molecule has 4 rings (SSSR count). The summed E-state index contributed by atoms with van der Waals surface area (Å²) in [5.74, 6) is 1.86. The molecule has 1 aliphatic heterocycles. The number of hydrogen-bond donors (Lipinski definition) is 1. The number of anilines is 2. The molecule has 1 aliphatic carbocycles. The van der Waals surface area contributed by atoms with Gasteiger partial charge in [0.1, 0.15) is 5.82 Å². The van der Waals surface area contributed by atoms with Crippen LogP contribution in [0.15, 0.2) is 42.5 Å². The number of aryl methyl sites for hydroxylation is 1. The molecule has 2 heterocycles. The monoisotopic (exact) mass is 377 g/mol. The fourth-order valence-corrected chi connectivity index (χ4v) is 4.08. The van der Waals surface area contributed by atoms with Crippen molar-refractivity contribution in [2.24, 2.45) is 0 Å². The third kappa shape index (κ3) is 5.10. The molecule has 28 heavy (non-hydrogen) atoms. The molecular formula is C23H31N5. The van der Waals surface area contributed by atoms with Crippen molar-refractivity contribution in [2.45, 2.75) is 38.6 Å². The molecule has 0 amide bonds. The van der Waals surface area contributed by atoms with Gasteiger partial charge in [-0.2, -0.15) is 4.98 Å². The van der Waals surface area contributed by atoms with Crippen LogP contribution in [0.3, 0.4) is 0 Å². The Labute approximate surface area is 168 Å². The topological polar surface area (TPSA) is 44.3 Å². The van der Waals surface area contributed by atoms with Crippen molar-refractivity contribution >= 4 is 17.8 Å². The lowest BCUT2D eigenvalue weighted by Crippen LogP contribution is -2.47. The number of rotatable bonds is 6. The Morgan fingerprint density at radius 2 is 1.79 bits per heavy atom. The van der Waals surface area contributed by atoms with Gasteiger partial charge < -0.3 is 10.2 Å². The third-order valence-electron chi connectivity index (χ3n) is 5.68. The summed E-state index contributed by atoms with van der Waals surface area (Å²) >= 11 is 0. The Morgan fingerprint density at radius 3 is 2.54 bits per heavy atom. The van der Waals surface area contributed by atoms with Gasteiger partial charge in [0.2, 0.25) is 5.95 Å². The fourth-order valence-electron chi connectivity index (χ4n) is 4.08. The minimum Gasteiger partial charge on any atom is -0.367 e. The number of benzene rings is 1. The van der Waals surface area contributed by atoms with E-state index < -0.39 is 0 Å². The zero-order valence-electron chi connectivity index (χ0n) is 16.8. The van der Waals surface area contributed by atoms with Crippen LogP contribution in [-0.2, 0) is 0 Å². The molecule has 0 radical (unpaired) electrons. The van der Waals surface area contributed by atoms with Crippen LogP contribution in [0.2, 0.25) is 0 Å². The van der Waals surface area contributed by atoms with Gasteiger partial charge in [0, 0.05) is 50.5 Å². The molecule has 5 nitrogen and oxygen atoms in total. The van der Waals surface area contributed by atoms with Crippen LogP contribution in [0.4, 0.5) is 11.8 Å². The molecule has 1 aromatic heterocycles. The highest BCUT2D eigenvalue weighted by atomic mass is 15.3. The van der Waals surface area contributed by atoms with Crippen LogP contribution < -0.4 is 10.2 Å². The Hall–Kier alpha value is -2.40. The summed E-state index contributed by atoms with van der Waals surface area (Å²) in [6.45, 7) is 7.10. The summed E-state index contributed by atoms with van der Waals surface area (Å²) < 4.78 is 0. The van der Waals surface area contributed by atoms with Crippen molar-refractivity contribution in [1.82, 2.24) is 14.9 Å². The third-order valence-corrected chi connectivity index (χ3v) is 5.68. The van der Waals surface area contributed by atoms with Gasteiger partial charge in [-0.3, -0.25) is 4.90 Å². The van der Waals surface area contributed by atoms with E-state index in [1.54, 1.807) is 0 Å². The lowest BCUT2D eigenvalue weighted by Gasteiger charge is -2.34. The van der Waals surface area contributed by atoms with Crippen molar-refractivity contribution in [2.75, 3.05) is 42.9 Å². The van der Waals surface area contributed by atoms with Gasteiger partial charge in [0.05, 0.1) is 0 Å². The van der Waals surface area contributed by atoms with E-state index in [4.69, 9.17) is 9.97 Å². The highest BCUT2D eigenvalue weighted by Crippen LogP contribution is 2.23. The molecule has 148 valence electrons. The number of aromatic nitrogens is 2. The summed E-state index contributed by atoms with van der Waals surface area (Å²) in [5, 5.41) is 3.62. The maximum Gasteiger partial charge on any atom is 0.227 e. The zero-order chi connectivity index (χ0) is 19.2. The van der Waals surface area contributed by atoms with E-state index in [-0.39, 0.29) is 0 Å². The van der Waals surface area contributed by atoms with Crippen molar-refractivity contribution in [1.29, 1.82) is 0 Å². The molecule has 1 saturated heterocycles. The Morgan fingerprint density at radius 1 is 1.04 bits per heavy atom. The van der Waals surface area contributed by atoms with E-state index in [9.17, 15) is 0 Å². The normalized spacial score (nSPS) is 18.8. The average Bonchev–Trinajstić information content (AvgIpc) is 3.22. The summed E-state index contributed by atoms with van der Waals surface area (Å²) in [7, 11) is 0. The number of piperazine rings is 1. The Bertz CT molecular complexity index is 775. The minimum absolute atomic E-state index is 0.579. The second-order valence-electron chi connectivity index (χ2n) is 7.92. The van der Waals surface area contributed by atoms with Crippen LogP contribution >= 0.6 is 0 Å². The molecule has 2 aromatic rings. The fraction of sp³-hybridized carbons (Fsp3) is 0.478. The van der Waals surface area contributed by atoms with Crippen molar-refractivity contribution in [3.8, 4) is 0 Å². The standard InChI is InChI=1S/C23H31N5/c1-19-18-22(25-21-11-5-6-12-21)26-23(24-19)28-16-14-27(15-17-28)13-7-10-20-8-3-2-4-9-20/h2-4,7-10,18,21H,5-6,11-17H2,1H3,(H,24,25,26)/b10-7+. The van der Waals surface area contributed by atoms with E-state index in [1.807, 2.05) is 0 Å². The molecule has 1 aromatic carbocycles. The number of hydrogen-bond acceptors (Lipinski definition) is 5. The largest absolute Gasteiger partial charge is 0.367 e. The van der Waals surface area contributed by atoms with Crippen LogP contribution in [0.5, 0.6) is 0 Å². The summed E-state index contributed by atoms with van der Waals surface area (Å²) in [4.78, 5) is 14.3. The Balaban J connectivity index is 1.30. The lowest BCUT2D eigenvalue weighted by atomic mass is 10.2. The zero-order valence-corrected chi connectivity index (χ0v) is 16.8. The molecule has 0 atom stereocenters.